The van der Waals surface area contributed by atoms with Gasteiger partial charge >= 0.3 is 0 Å². The SMILES string of the molecule is NC(=S)c1ccccc1OCCN(CCCO)C1CCC1. The van der Waals surface area contributed by atoms with Crippen LogP contribution >= 0.6 is 12.2 Å². The summed E-state index contributed by atoms with van der Waals surface area (Å²) in [5.41, 5.74) is 6.49. The van der Waals surface area contributed by atoms with Gasteiger partial charge in [-0.1, -0.05) is 30.8 Å². The maximum atomic E-state index is 9.00. The molecule has 0 amide bonds. The third-order valence-electron chi connectivity index (χ3n) is 3.98. The number of ether oxygens (including phenoxy) is 1. The van der Waals surface area contributed by atoms with Gasteiger partial charge in [0.1, 0.15) is 17.3 Å². The van der Waals surface area contributed by atoms with Crippen molar-refractivity contribution < 1.29 is 9.84 Å². The average Bonchev–Trinajstić information content (AvgIpc) is 2.43. The lowest BCUT2D eigenvalue weighted by Crippen LogP contribution is -2.43. The molecule has 0 aliphatic heterocycles. The number of hydrogen-bond acceptors (Lipinski definition) is 4. The van der Waals surface area contributed by atoms with E-state index < -0.39 is 0 Å². The summed E-state index contributed by atoms with van der Waals surface area (Å²) in [5, 5.41) is 9.00. The van der Waals surface area contributed by atoms with E-state index >= 15 is 0 Å². The molecule has 1 aliphatic rings. The van der Waals surface area contributed by atoms with Crippen molar-refractivity contribution in [3.63, 3.8) is 0 Å². The third kappa shape index (κ3) is 4.66. The fourth-order valence-electron chi connectivity index (χ4n) is 2.57. The number of hydrogen-bond donors (Lipinski definition) is 2. The Balaban J connectivity index is 1.85. The number of thiocarbonyl (C=S) groups is 1. The fraction of sp³-hybridized carbons (Fsp3) is 0.562. The van der Waals surface area contributed by atoms with Gasteiger partial charge in [-0.15, -0.1) is 0 Å². The first kappa shape index (κ1) is 16.2. The Morgan fingerprint density at radius 1 is 1.33 bits per heavy atom. The molecule has 0 unspecified atom stereocenters. The van der Waals surface area contributed by atoms with Crippen molar-refractivity contribution in [3.8, 4) is 5.75 Å². The summed E-state index contributed by atoms with van der Waals surface area (Å²) in [7, 11) is 0. The lowest BCUT2D eigenvalue weighted by molar-refractivity contribution is 0.0984. The van der Waals surface area contributed by atoms with Crippen molar-refractivity contribution >= 4 is 17.2 Å². The minimum Gasteiger partial charge on any atom is -0.492 e. The predicted octanol–water partition coefficient (Wildman–Crippen LogP) is 1.94. The van der Waals surface area contributed by atoms with Gasteiger partial charge in [-0.2, -0.15) is 0 Å². The van der Waals surface area contributed by atoms with Crippen molar-refractivity contribution in [1.82, 2.24) is 4.90 Å². The summed E-state index contributed by atoms with van der Waals surface area (Å²) in [4.78, 5) is 2.78. The Kier molecular flexibility index (Phi) is 6.42. The lowest BCUT2D eigenvalue weighted by Gasteiger charge is -2.37. The molecule has 116 valence electrons. The number of nitrogens with two attached hydrogens (primary N) is 1. The van der Waals surface area contributed by atoms with E-state index in [1.54, 1.807) is 0 Å². The highest BCUT2D eigenvalue weighted by atomic mass is 32.1. The maximum Gasteiger partial charge on any atom is 0.129 e. The second-order valence-electron chi connectivity index (χ2n) is 5.41. The molecule has 1 aliphatic carbocycles. The molecule has 0 heterocycles. The van der Waals surface area contributed by atoms with Gasteiger partial charge < -0.3 is 15.6 Å². The highest BCUT2D eigenvalue weighted by Crippen LogP contribution is 2.25. The molecule has 21 heavy (non-hydrogen) atoms. The Morgan fingerprint density at radius 2 is 2.10 bits per heavy atom. The molecule has 1 saturated carbocycles. The first-order chi connectivity index (χ1) is 10.2. The normalized spacial score (nSPS) is 15.0. The number of rotatable bonds is 9. The molecule has 0 atom stereocenters. The molecule has 3 N–H and O–H groups in total. The zero-order chi connectivity index (χ0) is 15.1. The van der Waals surface area contributed by atoms with Gasteiger partial charge in [0.15, 0.2) is 0 Å². The predicted molar refractivity (Wildman–Crippen MR) is 88.7 cm³/mol. The van der Waals surface area contributed by atoms with Crippen LogP contribution in [-0.2, 0) is 0 Å². The van der Waals surface area contributed by atoms with Crippen LogP contribution in [0.1, 0.15) is 31.2 Å². The smallest absolute Gasteiger partial charge is 0.129 e. The van der Waals surface area contributed by atoms with E-state index in [4.69, 9.17) is 27.8 Å². The minimum atomic E-state index is 0.244. The van der Waals surface area contributed by atoms with Crippen LogP contribution in [0, 0.1) is 0 Å². The van der Waals surface area contributed by atoms with Crippen LogP contribution in [0.25, 0.3) is 0 Å². The topological polar surface area (TPSA) is 58.7 Å². The van der Waals surface area contributed by atoms with Gasteiger partial charge in [0.25, 0.3) is 0 Å². The molecular formula is C16H24N2O2S. The molecule has 5 heteroatoms. The van der Waals surface area contributed by atoms with E-state index in [9.17, 15) is 0 Å². The van der Waals surface area contributed by atoms with E-state index in [1.165, 1.54) is 19.3 Å². The molecule has 0 aromatic heterocycles. The zero-order valence-corrected chi connectivity index (χ0v) is 13.1. The number of para-hydroxylation sites is 1. The number of aliphatic hydroxyl groups excluding tert-OH is 1. The summed E-state index contributed by atoms with van der Waals surface area (Å²) in [5.74, 6) is 0.751. The van der Waals surface area contributed by atoms with E-state index in [2.05, 4.69) is 4.90 Å². The van der Waals surface area contributed by atoms with Crippen molar-refractivity contribution in [2.24, 2.45) is 5.73 Å². The standard InChI is InChI=1S/C16H24N2O2S/c17-16(21)14-7-1-2-8-15(14)20-12-10-18(9-4-11-19)13-5-3-6-13/h1-2,7-8,13,19H,3-6,9-12H2,(H2,17,21). The number of benzene rings is 1. The monoisotopic (exact) mass is 308 g/mol. The Bertz CT molecular complexity index is 463. The van der Waals surface area contributed by atoms with Crippen LogP contribution in [0.3, 0.4) is 0 Å². The van der Waals surface area contributed by atoms with E-state index in [1.807, 2.05) is 24.3 Å². The molecule has 0 radical (unpaired) electrons. The van der Waals surface area contributed by atoms with Crippen LogP contribution in [-0.4, -0.2) is 47.3 Å². The highest BCUT2D eigenvalue weighted by Gasteiger charge is 2.24. The summed E-state index contributed by atoms with van der Waals surface area (Å²) >= 11 is 5.04. The largest absolute Gasteiger partial charge is 0.492 e. The van der Waals surface area contributed by atoms with E-state index in [0.717, 1.165) is 30.8 Å². The van der Waals surface area contributed by atoms with Crippen molar-refractivity contribution in [3.05, 3.63) is 29.8 Å². The summed E-state index contributed by atoms with van der Waals surface area (Å²) in [6, 6.07) is 8.27. The number of aliphatic hydroxyl groups is 1. The van der Waals surface area contributed by atoms with E-state index in [-0.39, 0.29) is 6.61 Å². The Hall–Kier alpha value is -1.17. The average molecular weight is 308 g/mol. The van der Waals surface area contributed by atoms with Gasteiger partial charge in [-0.05, 0) is 31.4 Å². The third-order valence-corrected chi connectivity index (χ3v) is 4.20. The molecule has 2 rings (SSSR count). The Morgan fingerprint density at radius 3 is 2.71 bits per heavy atom. The first-order valence-corrected chi connectivity index (χ1v) is 7.99. The van der Waals surface area contributed by atoms with Crippen LogP contribution in [0.2, 0.25) is 0 Å². The van der Waals surface area contributed by atoms with Crippen LogP contribution in [0.5, 0.6) is 5.75 Å². The summed E-state index contributed by atoms with van der Waals surface area (Å²) in [6.45, 7) is 2.66. The molecule has 0 spiro atoms. The van der Waals surface area contributed by atoms with Crippen molar-refractivity contribution in [1.29, 1.82) is 0 Å². The quantitative estimate of drug-likeness (QED) is 0.683. The van der Waals surface area contributed by atoms with Crippen LogP contribution in [0.15, 0.2) is 24.3 Å². The van der Waals surface area contributed by atoms with Crippen LogP contribution < -0.4 is 10.5 Å². The number of nitrogens with zero attached hydrogens (tertiary/aromatic N) is 1. The molecule has 1 fully saturated rings. The van der Waals surface area contributed by atoms with Crippen molar-refractivity contribution in [2.75, 3.05) is 26.3 Å². The van der Waals surface area contributed by atoms with Crippen molar-refractivity contribution in [2.45, 2.75) is 31.7 Å². The fourth-order valence-corrected chi connectivity index (χ4v) is 2.74. The minimum absolute atomic E-state index is 0.244. The molecule has 0 bridgehead atoms. The van der Waals surface area contributed by atoms with E-state index in [0.29, 0.717) is 17.6 Å². The van der Waals surface area contributed by atoms with Gasteiger partial charge in [-0.25, -0.2) is 0 Å². The lowest BCUT2D eigenvalue weighted by atomic mass is 9.91. The first-order valence-electron chi connectivity index (χ1n) is 7.59. The molecular weight excluding hydrogens is 284 g/mol. The molecule has 0 saturated heterocycles. The Labute approximate surface area is 131 Å². The molecule has 1 aromatic rings. The molecule has 1 aromatic carbocycles. The van der Waals surface area contributed by atoms with Gasteiger partial charge in [0.05, 0.1) is 5.56 Å². The van der Waals surface area contributed by atoms with Gasteiger partial charge in [0.2, 0.25) is 0 Å². The second kappa shape index (κ2) is 8.32. The second-order valence-corrected chi connectivity index (χ2v) is 5.85. The summed E-state index contributed by atoms with van der Waals surface area (Å²) < 4.78 is 5.86. The summed E-state index contributed by atoms with van der Waals surface area (Å²) in [6.07, 6.45) is 4.65. The van der Waals surface area contributed by atoms with Gasteiger partial charge in [-0.3, -0.25) is 4.90 Å². The zero-order valence-electron chi connectivity index (χ0n) is 12.3. The highest BCUT2D eigenvalue weighted by molar-refractivity contribution is 7.80. The van der Waals surface area contributed by atoms with Crippen LogP contribution in [0.4, 0.5) is 0 Å². The van der Waals surface area contributed by atoms with Gasteiger partial charge in [0, 0.05) is 25.7 Å². The molecule has 4 nitrogen and oxygen atoms in total. The maximum absolute atomic E-state index is 9.00.